The smallest absolute Gasteiger partial charge is 0.0758 e. The van der Waals surface area contributed by atoms with E-state index in [0.717, 1.165) is 17.5 Å². The largest absolute Gasteiger partial charge is 0.391 e. The molecule has 2 aromatic rings. The van der Waals surface area contributed by atoms with E-state index in [1.807, 2.05) is 37.3 Å². The van der Waals surface area contributed by atoms with Crippen LogP contribution in [0.4, 0.5) is 0 Å². The zero-order valence-electron chi connectivity index (χ0n) is 12.2. The first-order valence-corrected chi connectivity index (χ1v) is 7.22. The second kappa shape index (κ2) is 6.69. The summed E-state index contributed by atoms with van der Waals surface area (Å²) in [6.07, 6.45) is 0.416. The van der Waals surface area contributed by atoms with E-state index in [1.54, 1.807) is 0 Å². The maximum Gasteiger partial charge on any atom is 0.0758 e. The average Bonchev–Trinajstić information content (AvgIpc) is 2.53. The normalized spacial score (nSPS) is 15.6. The Bertz CT molecular complexity index is 538. The Kier molecular flexibility index (Phi) is 4.94. The summed E-state index contributed by atoms with van der Waals surface area (Å²) in [5.74, 6) is 0.199. The van der Waals surface area contributed by atoms with Crippen LogP contribution in [0, 0.1) is 5.92 Å². The van der Waals surface area contributed by atoms with E-state index >= 15 is 0 Å². The Morgan fingerprint density at radius 2 is 1.65 bits per heavy atom. The number of hydrogen-bond donors (Lipinski definition) is 2. The summed E-state index contributed by atoms with van der Waals surface area (Å²) in [7, 11) is 0. The summed E-state index contributed by atoms with van der Waals surface area (Å²) in [6.45, 7) is 4.10. The van der Waals surface area contributed by atoms with E-state index in [1.165, 1.54) is 5.56 Å². The molecule has 3 N–H and O–H groups in total. The van der Waals surface area contributed by atoms with Crippen LogP contribution in [0.5, 0.6) is 0 Å². The molecule has 0 saturated carbocycles. The highest BCUT2D eigenvalue weighted by Crippen LogP contribution is 2.26. The third-order valence-electron chi connectivity index (χ3n) is 3.97. The number of aliphatic hydroxyl groups is 1. The Morgan fingerprint density at radius 3 is 2.30 bits per heavy atom. The van der Waals surface area contributed by atoms with Gasteiger partial charge in [0, 0.05) is 0 Å². The highest BCUT2D eigenvalue weighted by atomic mass is 16.3. The molecule has 0 saturated heterocycles. The molecule has 0 aliphatic heterocycles. The van der Waals surface area contributed by atoms with Crippen molar-refractivity contribution in [2.24, 2.45) is 11.7 Å². The predicted octanol–water partition coefficient (Wildman–Crippen LogP) is 3.76. The molecular weight excluding hydrogens is 246 g/mol. The van der Waals surface area contributed by atoms with Crippen LogP contribution < -0.4 is 5.73 Å². The van der Waals surface area contributed by atoms with E-state index in [0.29, 0.717) is 0 Å². The van der Waals surface area contributed by atoms with E-state index in [9.17, 15) is 5.11 Å². The van der Waals surface area contributed by atoms with Gasteiger partial charge in [-0.15, -0.1) is 0 Å². The first-order chi connectivity index (χ1) is 9.63. The molecule has 0 aliphatic carbocycles. The van der Waals surface area contributed by atoms with Crippen LogP contribution in [0.15, 0.2) is 54.6 Å². The molecule has 1 unspecified atom stereocenters. The van der Waals surface area contributed by atoms with Crippen LogP contribution in [-0.2, 0) is 0 Å². The van der Waals surface area contributed by atoms with Crippen molar-refractivity contribution < 1.29 is 5.11 Å². The topological polar surface area (TPSA) is 46.2 Å². The van der Waals surface area contributed by atoms with E-state index in [2.05, 4.69) is 31.2 Å². The number of aliphatic hydroxyl groups excluding tert-OH is 1. The molecule has 0 amide bonds. The average molecular weight is 269 g/mol. The fraction of sp³-hybridized carbons (Fsp3) is 0.333. The van der Waals surface area contributed by atoms with E-state index in [-0.39, 0.29) is 12.0 Å². The van der Waals surface area contributed by atoms with E-state index < -0.39 is 6.10 Å². The van der Waals surface area contributed by atoms with Gasteiger partial charge in [0.25, 0.3) is 0 Å². The van der Waals surface area contributed by atoms with Gasteiger partial charge in [0.1, 0.15) is 0 Å². The third kappa shape index (κ3) is 3.27. The molecule has 0 heterocycles. The minimum atomic E-state index is -0.508. The van der Waals surface area contributed by atoms with Crippen LogP contribution in [0.1, 0.15) is 31.9 Å². The number of hydrogen-bond acceptors (Lipinski definition) is 2. The maximum absolute atomic E-state index is 10.3. The molecular formula is C18H23NO. The molecule has 3 atom stereocenters. The van der Waals surface area contributed by atoms with Crippen LogP contribution >= 0.6 is 0 Å². The molecule has 0 radical (unpaired) electrons. The quantitative estimate of drug-likeness (QED) is 0.868. The first-order valence-electron chi connectivity index (χ1n) is 7.22. The number of nitrogens with two attached hydrogens (primary N) is 1. The van der Waals surface area contributed by atoms with Gasteiger partial charge in [0.05, 0.1) is 12.1 Å². The van der Waals surface area contributed by atoms with Gasteiger partial charge in [0.15, 0.2) is 0 Å². The molecule has 0 bridgehead atoms. The van der Waals surface area contributed by atoms with Crippen molar-refractivity contribution in [1.29, 1.82) is 0 Å². The van der Waals surface area contributed by atoms with Crippen molar-refractivity contribution in [2.45, 2.75) is 32.4 Å². The molecule has 0 fully saturated rings. The number of rotatable bonds is 5. The van der Waals surface area contributed by atoms with Gasteiger partial charge in [-0.3, -0.25) is 0 Å². The lowest BCUT2D eigenvalue weighted by Gasteiger charge is -2.24. The van der Waals surface area contributed by atoms with Gasteiger partial charge in [0.2, 0.25) is 0 Å². The lowest BCUT2D eigenvalue weighted by molar-refractivity contribution is 0.0880. The summed E-state index contributed by atoms with van der Waals surface area (Å²) in [5.41, 5.74) is 9.50. The van der Waals surface area contributed by atoms with Gasteiger partial charge in [-0.25, -0.2) is 0 Å². The van der Waals surface area contributed by atoms with Gasteiger partial charge in [-0.05, 0) is 28.7 Å². The molecule has 2 aromatic carbocycles. The molecule has 2 nitrogen and oxygen atoms in total. The summed E-state index contributed by atoms with van der Waals surface area (Å²) >= 11 is 0. The predicted molar refractivity (Wildman–Crippen MR) is 84.3 cm³/mol. The molecule has 20 heavy (non-hydrogen) atoms. The maximum atomic E-state index is 10.3. The minimum Gasteiger partial charge on any atom is -0.391 e. The van der Waals surface area contributed by atoms with E-state index in [4.69, 9.17) is 5.73 Å². The molecule has 0 aromatic heterocycles. The second-order valence-corrected chi connectivity index (χ2v) is 5.39. The fourth-order valence-corrected chi connectivity index (χ4v) is 2.35. The summed E-state index contributed by atoms with van der Waals surface area (Å²) in [4.78, 5) is 0. The lowest BCUT2D eigenvalue weighted by Crippen LogP contribution is -2.31. The highest BCUT2D eigenvalue weighted by molar-refractivity contribution is 5.64. The summed E-state index contributed by atoms with van der Waals surface area (Å²) in [5, 5.41) is 10.3. The van der Waals surface area contributed by atoms with Gasteiger partial charge in [-0.2, -0.15) is 0 Å². The van der Waals surface area contributed by atoms with Crippen molar-refractivity contribution in [1.82, 2.24) is 0 Å². The van der Waals surface area contributed by atoms with Crippen LogP contribution in [-0.4, -0.2) is 11.2 Å². The molecule has 106 valence electrons. The SMILES string of the molecule is CCC(C)[C@@H](O)[C@@H](N)c1cccc(-c2ccccc2)c1. The van der Waals surface area contributed by atoms with Crippen molar-refractivity contribution in [3.8, 4) is 11.1 Å². The fourth-order valence-electron chi connectivity index (χ4n) is 2.35. The van der Waals surface area contributed by atoms with Crippen LogP contribution in [0.2, 0.25) is 0 Å². The van der Waals surface area contributed by atoms with Crippen molar-refractivity contribution in [3.63, 3.8) is 0 Å². The van der Waals surface area contributed by atoms with Crippen LogP contribution in [0.25, 0.3) is 11.1 Å². The van der Waals surface area contributed by atoms with Crippen molar-refractivity contribution in [2.75, 3.05) is 0 Å². The zero-order chi connectivity index (χ0) is 14.5. The highest BCUT2D eigenvalue weighted by Gasteiger charge is 2.21. The number of benzene rings is 2. The lowest BCUT2D eigenvalue weighted by atomic mass is 9.90. The monoisotopic (exact) mass is 269 g/mol. The van der Waals surface area contributed by atoms with Crippen molar-refractivity contribution >= 4 is 0 Å². The Labute approximate surface area is 121 Å². The van der Waals surface area contributed by atoms with Crippen LogP contribution in [0.3, 0.4) is 0 Å². The Morgan fingerprint density at radius 1 is 1.00 bits per heavy atom. The molecule has 2 heteroatoms. The first kappa shape index (κ1) is 14.8. The van der Waals surface area contributed by atoms with Gasteiger partial charge >= 0.3 is 0 Å². The third-order valence-corrected chi connectivity index (χ3v) is 3.97. The standard InChI is InChI=1S/C18H23NO/c1-3-13(2)18(20)17(19)16-11-7-10-15(12-16)14-8-5-4-6-9-14/h4-13,17-18,20H,3,19H2,1-2H3/t13?,17-,18+/m0/s1. The zero-order valence-corrected chi connectivity index (χ0v) is 12.2. The molecule has 0 aliphatic rings. The van der Waals surface area contributed by atoms with Gasteiger partial charge in [-0.1, -0.05) is 68.8 Å². The van der Waals surface area contributed by atoms with Gasteiger partial charge < -0.3 is 10.8 Å². The Hall–Kier alpha value is -1.64. The molecule has 0 spiro atoms. The Balaban J connectivity index is 2.26. The summed E-state index contributed by atoms with van der Waals surface area (Å²) < 4.78 is 0. The van der Waals surface area contributed by atoms with Crippen molar-refractivity contribution in [3.05, 3.63) is 60.2 Å². The summed E-state index contributed by atoms with van der Waals surface area (Å²) in [6, 6.07) is 18.0. The molecule has 2 rings (SSSR count). The second-order valence-electron chi connectivity index (χ2n) is 5.39. The minimum absolute atomic E-state index is 0.199.